The van der Waals surface area contributed by atoms with E-state index in [-0.39, 0.29) is 12.4 Å². The molecule has 28 heavy (non-hydrogen) atoms. The van der Waals surface area contributed by atoms with E-state index < -0.39 is 0 Å². The number of hydrogen-bond donors (Lipinski definition) is 1. The van der Waals surface area contributed by atoms with E-state index in [1.165, 1.54) is 33.7 Å². The summed E-state index contributed by atoms with van der Waals surface area (Å²) in [5.74, 6) is 0. The van der Waals surface area contributed by atoms with Crippen molar-refractivity contribution in [2.45, 2.75) is 6.92 Å². The Balaban J connectivity index is 0.00000280. The molecule has 0 spiro atoms. The molecule has 0 aromatic heterocycles. The highest BCUT2D eigenvalue weighted by Gasteiger charge is 2.14. The maximum absolute atomic E-state index is 6.05. The second-order valence-corrected chi connectivity index (χ2v) is 7.33. The van der Waals surface area contributed by atoms with Gasteiger partial charge >= 0.3 is 0 Å². The number of benzene rings is 2. The van der Waals surface area contributed by atoms with Gasteiger partial charge in [-0.05, 0) is 71.2 Å². The van der Waals surface area contributed by atoms with Crippen LogP contribution in [0, 0.1) is 6.92 Å². The summed E-state index contributed by atoms with van der Waals surface area (Å²) < 4.78 is 2.11. The summed E-state index contributed by atoms with van der Waals surface area (Å²) in [6, 6.07) is 15.0. The van der Waals surface area contributed by atoms with Crippen LogP contribution >= 0.6 is 0 Å². The minimum atomic E-state index is 0. The molecule has 1 aliphatic rings. The fourth-order valence-corrected chi connectivity index (χ4v) is 3.18. The van der Waals surface area contributed by atoms with Crippen LogP contribution in [-0.2, 0) is 0 Å². The molecule has 2 aromatic carbocycles. The SMILES string of the molecule is Cc1cc(C(=C2C=CC(=[N+](C)C)C=C2)c2ccc(N(C)C)cc2)ccc1N.[Cl-]. The lowest BCUT2D eigenvalue weighted by Gasteiger charge is -2.17. The zero-order chi connectivity index (χ0) is 19.6. The molecular formula is C24H28ClN3. The topological polar surface area (TPSA) is 32.3 Å². The Bertz CT molecular complexity index is 955. The highest BCUT2D eigenvalue weighted by molar-refractivity contribution is 6.04. The first kappa shape index (κ1) is 21.5. The molecule has 0 saturated carbocycles. The van der Waals surface area contributed by atoms with Crippen molar-refractivity contribution in [1.82, 2.24) is 0 Å². The van der Waals surface area contributed by atoms with Crippen LogP contribution in [0.25, 0.3) is 5.57 Å². The Morgan fingerprint density at radius 1 is 0.857 bits per heavy atom. The van der Waals surface area contributed by atoms with Gasteiger partial charge in [0.25, 0.3) is 0 Å². The van der Waals surface area contributed by atoms with E-state index >= 15 is 0 Å². The highest BCUT2D eigenvalue weighted by Crippen LogP contribution is 2.32. The molecule has 0 heterocycles. The first-order chi connectivity index (χ1) is 12.9. The Kier molecular flexibility index (Phi) is 6.87. The predicted octanol–water partition coefficient (Wildman–Crippen LogP) is 1.29. The van der Waals surface area contributed by atoms with Crippen LogP contribution < -0.4 is 23.0 Å². The molecule has 4 heteroatoms. The first-order valence-electron chi connectivity index (χ1n) is 9.16. The third-order valence-electron chi connectivity index (χ3n) is 4.90. The number of hydrogen-bond acceptors (Lipinski definition) is 2. The van der Waals surface area contributed by atoms with E-state index in [9.17, 15) is 0 Å². The van der Waals surface area contributed by atoms with Crippen LogP contribution in [0.15, 0.2) is 72.3 Å². The quantitative estimate of drug-likeness (QED) is 0.629. The van der Waals surface area contributed by atoms with E-state index in [0.29, 0.717) is 0 Å². The number of nitrogens with two attached hydrogens (primary N) is 1. The van der Waals surface area contributed by atoms with Crippen molar-refractivity contribution in [2.75, 3.05) is 38.8 Å². The molecule has 0 unspecified atom stereocenters. The first-order valence-corrected chi connectivity index (χ1v) is 9.16. The van der Waals surface area contributed by atoms with Gasteiger partial charge in [0.2, 0.25) is 0 Å². The molecule has 0 fully saturated rings. The van der Waals surface area contributed by atoms with Crippen LogP contribution in [0.2, 0.25) is 0 Å². The molecule has 146 valence electrons. The molecular weight excluding hydrogens is 366 g/mol. The number of aryl methyl sites for hydroxylation is 1. The predicted molar refractivity (Wildman–Crippen MR) is 118 cm³/mol. The van der Waals surface area contributed by atoms with Gasteiger partial charge in [0, 0.05) is 37.6 Å². The van der Waals surface area contributed by atoms with E-state index in [2.05, 4.69) is 105 Å². The Hall–Kier alpha value is -2.78. The minimum absolute atomic E-state index is 0. The zero-order valence-electron chi connectivity index (χ0n) is 17.2. The van der Waals surface area contributed by atoms with E-state index in [0.717, 1.165) is 11.3 Å². The second kappa shape index (κ2) is 8.94. The van der Waals surface area contributed by atoms with Gasteiger partial charge in [0.1, 0.15) is 14.1 Å². The van der Waals surface area contributed by atoms with Gasteiger partial charge < -0.3 is 23.0 Å². The van der Waals surface area contributed by atoms with Crippen LogP contribution in [-0.4, -0.2) is 38.5 Å². The highest BCUT2D eigenvalue weighted by atomic mass is 35.5. The van der Waals surface area contributed by atoms with Crippen LogP contribution in [0.5, 0.6) is 0 Å². The van der Waals surface area contributed by atoms with Gasteiger partial charge in [0.05, 0.1) is 0 Å². The molecule has 3 nitrogen and oxygen atoms in total. The average Bonchev–Trinajstić information content (AvgIpc) is 2.65. The fourth-order valence-electron chi connectivity index (χ4n) is 3.18. The lowest BCUT2D eigenvalue weighted by molar-refractivity contribution is -0.462. The summed E-state index contributed by atoms with van der Waals surface area (Å²) in [5, 5.41) is 0. The molecule has 1 aliphatic carbocycles. The van der Waals surface area contributed by atoms with E-state index in [4.69, 9.17) is 5.73 Å². The van der Waals surface area contributed by atoms with Gasteiger partial charge in [-0.15, -0.1) is 0 Å². The monoisotopic (exact) mass is 393 g/mol. The summed E-state index contributed by atoms with van der Waals surface area (Å²) in [7, 11) is 8.23. The van der Waals surface area contributed by atoms with Gasteiger partial charge in [-0.2, -0.15) is 0 Å². The lowest BCUT2D eigenvalue weighted by Crippen LogP contribution is -3.00. The molecule has 0 amide bonds. The minimum Gasteiger partial charge on any atom is -1.00 e. The maximum atomic E-state index is 6.05. The average molecular weight is 394 g/mol. The molecule has 0 saturated heterocycles. The molecule has 3 rings (SSSR count). The smallest absolute Gasteiger partial charge is 0.199 e. The van der Waals surface area contributed by atoms with Gasteiger partial charge in [-0.1, -0.05) is 18.2 Å². The van der Waals surface area contributed by atoms with Crippen molar-refractivity contribution in [1.29, 1.82) is 0 Å². The van der Waals surface area contributed by atoms with Gasteiger partial charge in [-0.3, -0.25) is 0 Å². The Morgan fingerprint density at radius 2 is 1.43 bits per heavy atom. The number of nitrogen functional groups attached to an aromatic ring is 1. The summed E-state index contributed by atoms with van der Waals surface area (Å²) in [6.07, 6.45) is 8.70. The number of rotatable bonds is 3. The summed E-state index contributed by atoms with van der Waals surface area (Å²) >= 11 is 0. The molecule has 2 N–H and O–H groups in total. The third kappa shape index (κ3) is 4.55. The van der Waals surface area contributed by atoms with Crippen molar-refractivity contribution < 1.29 is 17.0 Å². The Morgan fingerprint density at radius 3 is 1.93 bits per heavy atom. The largest absolute Gasteiger partial charge is 1.00 e. The van der Waals surface area contributed by atoms with Gasteiger partial charge in [-0.25, -0.2) is 4.58 Å². The maximum Gasteiger partial charge on any atom is 0.199 e. The molecule has 0 aliphatic heterocycles. The number of nitrogens with zero attached hydrogens (tertiary/aromatic N) is 2. The van der Waals surface area contributed by atoms with E-state index in [1.807, 2.05) is 6.07 Å². The normalized spacial score (nSPS) is 12.6. The van der Waals surface area contributed by atoms with Crippen LogP contribution in [0.1, 0.15) is 16.7 Å². The fraction of sp³-hybridized carbons (Fsp3) is 0.208. The van der Waals surface area contributed by atoms with Crippen molar-refractivity contribution in [3.8, 4) is 0 Å². The van der Waals surface area contributed by atoms with Crippen molar-refractivity contribution in [3.05, 3.63) is 89.0 Å². The van der Waals surface area contributed by atoms with E-state index in [1.54, 1.807) is 0 Å². The van der Waals surface area contributed by atoms with Crippen molar-refractivity contribution in [2.24, 2.45) is 0 Å². The van der Waals surface area contributed by atoms with Crippen LogP contribution in [0.3, 0.4) is 0 Å². The molecule has 2 aromatic rings. The van der Waals surface area contributed by atoms with Crippen molar-refractivity contribution >= 4 is 22.7 Å². The van der Waals surface area contributed by atoms with Crippen molar-refractivity contribution in [3.63, 3.8) is 0 Å². The van der Waals surface area contributed by atoms with Crippen LogP contribution in [0.4, 0.5) is 11.4 Å². The molecule has 0 bridgehead atoms. The lowest BCUT2D eigenvalue weighted by atomic mass is 9.89. The summed E-state index contributed by atoms with van der Waals surface area (Å²) in [5.41, 5.74) is 15.1. The molecule has 0 radical (unpaired) electrons. The van der Waals surface area contributed by atoms with Gasteiger partial charge in [0.15, 0.2) is 5.71 Å². The standard InChI is InChI=1S/C24H27N3.ClH/c1-17-16-20(10-15-23(17)25)24(18-6-11-21(12-7-18)26(2)3)19-8-13-22(14-9-19)27(4)5;/h6-16,25H,1-5H3;1H. The Labute approximate surface area is 174 Å². The number of allylic oxidation sites excluding steroid dienone is 5. The molecule has 0 atom stereocenters. The summed E-state index contributed by atoms with van der Waals surface area (Å²) in [6.45, 7) is 2.06. The number of anilines is 2. The third-order valence-corrected chi connectivity index (χ3v) is 4.90. The second-order valence-electron chi connectivity index (χ2n) is 7.33. The summed E-state index contributed by atoms with van der Waals surface area (Å²) in [4.78, 5) is 2.11. The zero-order valence-corrected chi connectivity index (χ0v) is 18.0. The number of halogens is 1.